The number of benzene rings is 2. The van der Waals surface area contributed by atoms with Crippen molar-refractivity contribution in [3.63, 3.8) is 0 Å². The van der Waals surface area contributed by atoms with Crippen LogP contribution in [0.3, 0.4) is 0 Å². The Morgan fingerprint density at radius 1 is 1.11 bits per heavy atom. The third kappa shape index (κ3) is 4.20. The monoisotopic (exact) mass is 408 g/mol. The van der Waals surface area contributed by atoms with Gasteiger partial charge in [0.1, 0.15) is 11.0 Å². The number of rotatable bonds is 4. The minimum absolute atomic E-state index is 0.0619. The lowest BCUT2D eigenvalue weighted by atomic mass is 10.1. The van der Waals surface area contributed by atoms with Crippen LogP contribution < -0.4 is 5.32 Å². The first kappa shape index (κ1) is 19.6. The summed E-state index contributed by atoms with van der Waals surface area (Å²) in [5.41, 5.74) is 0.340. The molecule has 0 radical (unpaired) electrons. The van der Waals surface area contributed by atoms with Gasteiger partial charge in [-0.25, -0.2) is 9.97 Å². The second-order valence-corrected chi connectivity index (χ2v) is 6.19. The third-order valence-electron chi connectivity index (χ3n) is 3.93. The summed E-state index contributed by atoms with van der Waals surface area (Å²) >= 11 is 6.01. The molecule has 0 bridgehead atoms. The molecule has 1 aromatic heterocycles. The van der Waals surface area contributed by atoms with Crippen LogP contribution in [0.1, 0.15) is 11.1 Å². The Bertz CT molecular complexity index is 1040. The second-order valence-electron chi connectivity index (χ2n) is 5.81. The molecule has 3 rings (SSSR count). The van der Waals surface area contributed by atoms with Gasteiger partial charge in [0, 0.05) is 23.4 Å². The van der Waals surface area contributed by atoms with Crippen LogP contribution in [-0.2, 0) is 6.18 Å². The summed E-state index contributed by atoms with van der Waals surface area (Å²) < 4.78 is 38.1. The van der Waals surface area contributed by atoms with Gasteiger partial charge < -0.3 is 5.32 Å². The van der Waals surface area contributed by atoms with Gasteiger partial charge in [-0.1, -0.05) is 29.8 Å². The van der Waals surface area contributed by atoms with Gasteiger partial charge in [-0.15, -0.1) is 0 Å². The van der Waals surface area contributed by atoms with Crippen LogP contribution in [0, 0.1) is 17.0 Å². The quantitative estimate of drug-likeness (QED) is 0.336. The molecule has 0 fully saturated rings. The van der Waals surface area contributed by atoms with Crippen molar-refractivity contribution in [2.24, 2.45) is 0 Å². The Kier molecular flexibility index (Phi) is 5.19. The van der Waals surface area contributed by atoms with E-state index in [1.165, 1.54) is 30.3 Å². The van der Waals surface area contributed by atoms with E-state index in [1.54, 1.807) is 13.0 Å². The average Bonchev–Trinajstić information content (AvgIpc) is 2.62. The first-order valence-electron chi connectivity index (χ1n) is 7.88. The Labute approximate surface area is 162 Å². The van der Waals surface area contributed by atoms with Crippen LogP contribution in [0.5, 0.6) is 0 Å². The van der Waals surface area contributed by atoms with E-state index in [-0.39, 0.29) is 22.5 Å². The van der Waals surface area contributed by atoms with Gasteiger partial charge in [0.2, 0.25) is 0 Å². The van der Waals surface area contributed by atoms with E-state index in [0.29, 0.717) is 16.8 Å². The van der Waals surface area contributed by atoms with Crippen molar-refractivity contribution in [3.05, 3.63) is 74.9 Å². The first-order valence-corrected chi connectivity index (χ1v) is 8.26. The molecule has 0 aliphatic heterocycles. The molecule has 0 aliphatic carbocycles. The zero-order valence-corrected chi connectivity index (χ0v) is 15.0. The predicted octanol–water partition coefficient (Wildman–Crippen LogP) is 5.78. The molecule has 0 spiro atoms. The third-order valence-corrected chi connectivity index (χ3v) is 4.12. The lowest BCUT2D eigenvalue weighted by Gasteiger charge is -2.11. The van der Waals surface area contributed by atoms with Crippen molar-refractivity contribution < 1.29 is 18.1 Å². The molecule has 2 aromatic carbocycles. The fourth-order valence-electron chi connectivity index (χ4n) is 2.51. The topological polar surface area (TPSA) is 81.0 Å². The molecule has 3 aromatic rings. The average molecular weight is 409 g/mol. The lowest BCUT2D eigenvalue weighted by molar-refractivity contribution is -0.385. The van der Waals surface area contributed by atoms with Gasteiger partial charge in [0.15, 0.2) is 5.82 Å². The number of anilines is 2. The second kappa shape index (κ2) is 7.43. The van der Waals surface area contributed by atoms with Gasteiger partial charge in [-0.2, -0.15) is 13.2 Å². The molecule has 6 nitrogen and oxygen atoms in total. The number of hydrogen-bond acceptors (Lipinski definition) is 5. The summed E-state index contributed by atoms with van der Waals surface area (Å²) in [5, 5.41) is 14.1. The van der Waals surface area contributed by atoms with Gasteiger partial charge in [0.25, 0.3) is 5.69 Å². The summed E-state index contributed by atoms with van der Waals surface area (Å²) in [6.07, 6.45) is -4.44. The standard InChI is InChI=1S/C18H12ClF3N4O2/c1-10-13(3-2-4-14(10)26(27)28)23-16-9-15(19)24-17(25-16)11-5-7-12(8-6-11)18(20,21)22/h2-9H,1H3,(H,23,24,25). The van der Waals surface area contributed by atoms with Gasteiger partial charge >= 0.3 is 6.18 Å². The molecular formula is C18H12ClF3N4O2. The van der Waals surface area contributed by atoms with Crippen LogP contribution in [0.25, 0.3) is 11.4 Å². The van der Waals surface area contributed by atoms with E-state index in [4.69, 9.17) is 11.6 Å². The highest BCUT2D eigenvalue weighted by Crippen LogP contribution is 2.32. The largest absolute Gasteiger partial charge is 0.416 e. The highest BCUT2D eigenvalue weighted by atomic mass is 35.5. The molecule has 1 N–H and O–H groups in total. The molecule has 1 heterocycles. The van der Waals surface area contributed by atoms with Crippen molar-refractivity contribution in [1.82, 2.24) is 9.97 Å². The Morgan fingerprint density at radius 2 is 1.79 bits per heavy atom. The van der Waals surface area contributed by atoms with E-state index >= 15 is 0 Å². The van der Waals surface area contributed by atoms with Crippen LogP contribution >= 0.6 is 11.6 Å². The minimum Gasteiger partial charge on any atom is -0.340 e. The van der Waals surface area contributed by atoms with Gasteiger partial charge in [-0.05, 0) is 25.1 Å². The number of nitro benzene ring substituents is 1. The zero-order chi connectivity index (χ0) is 20.5. The van der Waals surface area contributed by atoms with E-state index in [2.05, 4.69) is 15.3 Å². The maximum Gasteiger partial charge on any atom is 0.416 e. The molecule has 0 amide bonds. The Hall–Kier alpha value is -3.20. The van der Waals surface area contributed by atoms with Crippen molar-refractivity contribution in [3.8, 4) is 11.4 Å². The molecule has 10 heteroatoms. The van der Waals surface area contributed by atoms with Crippen molar-refractivity contribution in [2.75, 3.05) is 5.32 Å². The smallest absolute Gasteiger partial charge is 0.340 e. The highest BCUT2D eigenvalue weighted by Gasteiger charge is 2.30. The molecule has 0 saturated carbocycles. The summed E-state index contributed by atoms with van der Waals surface area (Å²) in [6, 6.07) is 10.3. The van der Waals surface area contributed by atoms with Crippen LogP contribution in [-0.4, -0.2) is 14.9 Å². The van der Waals surface area contributed by atoms with Crippen LogP contribution in [0.15, 0.2) is 48.5 Å². The van der Waals surface area contributed by atoms with Crippen molar-refractivity contribution >= 4 is 28.8 Å². The van der Waals surface area contributed by atoms with E-state index < -0.39 is 16.7 Å². The van der Waals surface area contributed by atoms with Crippen molar-refractivity contribution in [1.29, 1.82) is 0 Å². The van der Waals surface area contributed by atoms with E-state index in [1.807, 2.05) is 0 Å². The molecule has 0 unspecified atom stereocenters. The minimum atomic E-state index is -4.44. The molecule has 0 saturated heterocycles. The number of hydrogen-bond donors (Lipinski definition) is 1. The number of nitrogens with zero attached hydrogens (tertiary/aromatic N) is 3. The maximum absolute atomic E-state index is 12.7. The Morgan fingerprint density at radius 3 is 2.39 bits per heavy atom. The fourth-order valence-corrected chi connectivity index (χ4v) is 2.70. The predicted molar refractivity (Wildman–Crippen MR) is 98.6 cm³/mol. The van der Waals surface area contributed by atoms with Crippen LogP contribution in [0.2, 0.25) is 5.15 Å². The number of nitro groups is 1. The first-order chi connectivity index (χ1) is 13.1. The van der Waals surface area contributed by atoms with Gasteiger partial charge in [0.05, 0.1) is 16.1 Å². The number of halogens is 4. The normalized spacial score (nSPS) is 11.3. The molecule has 144 valence electrons. The number of nitrogens with one attached hydrogen (secondary N) is 1. The molecule has 0 atom stereocenters. The SMILES string of the molecule is Cc1c(Nc2cc(Cl)nc(-c3ccc(C(F)(F)F)cc3)n2)cccc1[N+](=O)[O-]. The van der Waals surface area contributed by atoms with E-state index in [0.717, 1.165) is 12.1 Å². The van der Waals surface area contributed by atoms with E-state index in [9.17, 15) is 23.3 Å². The molecule has 28 heavy (non-hydrogen) atoms. The van der Waals surface area contributed by atoms with Gasteiger partial charge in [-0.3, -0.25) is 10.1 Å². The summed E-state index contributed by atoms with van der Waals surface area (Å²) in [4.78, 5) is 18.8. The Balaban J connectivity index is 1.95. The highest BCUT2D eigenvalue weighted by molar-refractivity contribution is 6.29. The summed E-state index contributed by atoms with van der Waals surface area (Å²) in [7, 11) is 0. The summed E-state index contributed by atoms with van der Waals surface area (Å²) in [5.74, 6) is 0.366. The van der Waals surface area contributed by atoms with Crippen LogP contribution in [0.4, 0.5) is 30.4 Å². The van der Waals surface area contributed by atoms with Crippen molar-refractivity contribution in [2.45, 2.75) is 13.1 Å². The fraction of sp³-hybridized carbons (Fsp3) is 0.111. The maximum atomic E-state index is 12.7. The zero-order valence-electron chi connectivity index (χ0n) is 14.3. The molecular weight excluding hydrogens is 397 g/mol. The summed E-state index contributed by atoms with van der Waals surface area (Å²) in [6.45, 7) is 1.58. The molecule has 0 aliphatic rings. The lowest BCUT2D eigenvalue weighted by Crippen LogP contribution is -2.04. The number of aromatic nitrogens is 2. The number of alkyl halides is 3.